The number of carbonyl (C=O) groups is 1. The van der Waals surface area contributed by atoms with Gasteiger partial charge in [0.1, 0.15) is 10.6 Å². The van der Waals surface area contributed by atoms with Crippen LogP contribution in [-0.2, 0) is 0 Å². The number of rotatable bonds is 3. The van der Waals surface area contributed by atoms with Gasteiger partial charge in [-0.1, -0.05) is 0 Å². The van der Waals surface area contributed by atoms with E-state index in [2.05, 4.69) is 10.1 Å². The maximum Gasteiger partial charge on any atom is 0.573 e. The number of halogens is 3. The quantitative estimate of drug-likeness (QED) is 0.912. The predicted octanol–water partition coefficient (Wildman–Crippen LogP) is 3.48. The highest BCUT2D eigenvalue weighted by molar-refractivity contribution is 7.12. The molecule has 1 aromatic heterocycles. The first kappa shape index (κ1) is 14.2. The minimum Gasteiger partial charge on any atom is -0.406 e. The lowest BCUT2D eigenvalue weighted by Gasteiger charge is -2.09. The second-order valence-corrected chi connectivity index (χ2v) is 4.65. The Bertz CT molecular complexity index is 608. The van der Waals surface area contributed by atoms with Crippen molar-refractivity contribution in [3.63, 3.8) is 0 Å². The van der Waals surface area contributed by atoms with Crippen LogP contribution in [0.5, 0.6) is 5.75 Å². The van der Waals surface area contributed by atoms with Crippen molar-refractivity contribution < 1.29 is 22.7 Å². The summed E-state index contributed by atoms with van der Waals surface area (Å²) in [5.41, 5.74) is 6.29. The van der Waals surface area contributed by atoms with Crippen LogP contribution in [0, 0.1) is 0 Å². The standard InChI is InChI=1S/C12H9F3N2O2S/c13-12(14,15)19-8-3-1-7(2-4-8)17-11(18)10-9(16)5-6-20-10/h1-6H,16H2,(H,17,18). The van der Waals surface area contributed by atoms with Gasteiger partial charge >= 0.3 is 6.36 Å². The maximum atomic E-state index is 12.0. The number of hydrogen-bond donors (Lipinski definition) is 2. The number of thiophene rings is 1. The first-order chi connectivity index (χ1) is 9.35. The average Bonchev–Trinajstić information content (AvgIpc) is 2.76. The van der Waals surface area contributed by atoms with Gasteiger partial charge in [-0.2, -0.15) is 0 Å². The topological polar surface area (TPSA) is 64.4 Å². The Hall–Kier alpha value is -2.22. The van der Waals surface area contributed by atoms with Gasteiger partial charge in [0.15, 0.2) is 0 Å². The van der Waals surface area contributed by atoms with Crippen LogP contribution < -0.4 is 15.8 Å². The molecule has 1 heterocycles. The Labute approximate surface area is 116 Å². The Morgan fingerprint density at radius 2 is 1.85 bits per heavy atom. The summed E-state index contributed by atoms with van der Waals surface area (Å²) in [6.07, 6.45) is -4.74. The van der Waals surface area contributed by atoms with Gasteiger partial charge in [-0.15, -0.1) is 24.5 Å². The molecule has 0 fully saturated rings. The highest BCUT2D eigenvalue weighted by Crippen LogP contribution is 2.25. The average molecular weight is 302 g/mol. The van der Waals surface area contributed by atoms with E-state index in [4.69, 9.17) is 5.73 Å². The third-order valence-corrected chi connectivity index (χ3v) is 3.18. The first-order valence-corrected chi connectivity index (χ1v) is 6.23. The molecule has 106 valence electrons. The largest absolute Gasteiger partial charge is 0.573 e. The fraction of sp³-hybridized carbons (Fsp3) is 0.0833. The van der Waals surface area contributed by atoms with Gasteiger partial charge in [0.25, 0.3) is 5.91 Å². The molecule has 1 aromatic carbocycles. The highest BCUT2D eigenvalue weighted by atomic mass is 32.1. The van der Waals surface area contributed by atoms with Gasteiger partial charge in [-0.05, 0) is 35.7 Å². The molecule has 1 amide bonds. The molecule has 4 nitrogen and oxygen atoms in total. The van der Waals surface area contributed by atoms with Crippen molar-refractivity contribution in [2.75, 3.05) is 11.1 Å². The first-order valence-electron chi connectivity index (χ1n) is 5.35. The number of benzene rings is 1. The van der Waals surface area contributed by atoms with Crippen LogP contribution in [0.1, 0.15) is 9.67 Å². The normalized spacial score (nSPS) is 11.2. The summed E-state index contributed by atoms with van der Waals surface area (Å²) in [7, 11) is 0. The molecule has 0 atom stereocenters. The number of nitrogens with one attached hydrogen (secondary N) is 1. The SMILES string of the molecule is Nc1ccsc1C(=O)Nc1ccc(OC(F)(F)F)cc1. The zero-order valence-electron chi connectivity index (χ0n) is 9.90. The van der Waals surface area contributed by atoms with Crippen molar-refractivity contribution in [2.24, 2.45) is 0 Å². The number of alkyl halides is 3. The van der Waals surface area contributed by atoms with E-state index in [1.807, 2.05) is 0 Å². The number of amides is 1. The summed E-state index contributed by atoms with van der Waals surface area (Å²) in [6.45, 7) is 0. The van der Waals surface area contributed by atoms with Gasteiger partial charge in [0.05, 0.1) is 5.69 Å². The molecule has 8 heteroatoms. The number of nitrogen functional groups attached to an aromatic ring is 1. The lowest BCUT2D eigenvalue weighted by atomic mass is 10.3. The Kier molecular flexibility index (Phi) is 3.84. The van der Waals surface area contributed by atoms with E-state index in [0.29, 0.717) is 16.3 Å². The second-order valence-electron chi connectivity index (χ2n) is 3.73. The van der Waals surface area contributed by atoms with Crippen LogP contribution in [0.2, 0.25) is 0 Å². The molecule has 0 aliphatic rings. The monoisotopic (exact) mass is 302 g/mol. The van der Waals surface area contributed by atoms with Crippen molar-refractivity contribution in [1.29, 1.82) is 0 Å². The van der Waals surface area contributed by atoms with Gasteiger partial charge in [-0.25, -0.2) is 0 Å². The highest BCUT2D eigenvalue weighted by Gasteiger charge is 2.30. The third-order valence-electron chi connectivity index (χ3n) is 2.25. The van der Waals surface area contributed by atoms with Crippen LogP contribution in [0.15, 0.2) is 35.7 Å². The molecular weight excluding hydrogens is 293 g/mol. The Balaban J connectivity index is 2.04. The zero-order chi connectivity index (χ0) is 14.8. The Morgan fingerprint density at radius 3 is 2.35 bits per heavy atom. The van der Waals surface area contributed by atoms with Crippen molar-refractivity contribution in [3.8, 4) is 5.75 Å². The van der Waals surface area contributed by atoms with E-state index in [0.717, 1.165) is 12.1 Å². The summed E-state index contributed by atoms with van der Waals surface area (Å²) < 4.78 is 39.7. The maximum absolute atomic E-state index is 12.0. The number of carbonyl (C=O) groups excluding carboxylic acids is 1. The van der Waals surface area contributed by atoms with E-state index in [1.165, 1.54) is 23.5 Å². The van der Waals surface area contributed by atoms with E-state index in [1.54, 1.807) is 11.4 Å². The van der Waals surface area contributed by atoms with Crippen molar-refractivity contribution in [2.45, 2.75) is 6.36 Å². The summed E-state index contributed by atoms with van der Waals surface area (Å²) in [4.78, 5) is 12.2. The lowest BCUT2D eigenvalue weighted by molar-refractivity contribution is -0.274. The van der Waals surface area contributed by atoms with Crippen LogP contribution in [0.4, 0.5) is 24.5 Å². The zero-order valence-corrected chi connectivity index (χ0v) is 10.7. The number of ether oxygens (including phenoxy) is 1. The van der Waals surface area contributed by atoms with E-state index in [9.17, 15) is 18.0 Å². The van der Waals surface area contributed by atoms with Gasteiger partial charge in [0, 0.05) is 5.69 Å². The predicted molar refractivity (Wildman–Crippen MR) is 69.8 cm³/mol. The number of nitrogens with two attached hydrogens (primary N) is 1. The fourth-order valence-electron chi connectivity index (χ4n) is 1.43. The number of hydrogen-bond acceptors (Lipinski definition) is 4. The molecule has 0 saturated heterocycles. The molecule has 0 aliphatic carbocycles. The summed E-state index contributed by atoms with van der Waals surface area (Å²) >= 11 is 1.18. The van der Waals surface area contributed by atoms with Crippen LogP contribution in [-0.4, -0.2) is 12.3 Å². The summed E-state index contributed by atoms with van der Waals surface area (Å²) in [5, 5.41) is 4.20. The molecule has 3 N–H and O–H groups in total. The molecule has 0 bridgehead atoms. The van der Waals surface area contributed by atoms with Gasteiger partial charge in [0.2, 0.25) is 0 Å². The second kappa shape index (κ2) is 5.41. The molecule has 0 radical (unpaired) electrons. The van der Waals surface area contributed by atoms with E-state index in [-0.39, 0.29) is 5.75 Å². The third kappa shape index (κ3) is 3.64. The summed E-state index contributed by atoms with van der Waals surface area (Å²) in [6, 6.07) is 6.44. The van der Waals surface area contributed by atoms with E-state index >= 15 is 0 Å². The van der Waals surface area contributed by atoms with Crippen LogP contribution >= 0.6 is 11.3 Å². The molecule has 2 aromatic rings. The van der Waals surface area contributed by atoms with Gasteiger partial charge < -0.3 is 15.8 Å². The molecule has 0 spiro atoms. The smallest absolute Gasteiger partial charge is 0.406 e. The molecule has 0 aliphatic heterocycles. The van der Waals surface area contributed by atoms with Gasteiger partial charge in [-0.3, -0.25) is 4.79 Å². The van der Waals surface area contributed by atoms with Crippen molar-refractivity contribution in [3.05, 3.63) is 40.6 Å². The molecular formula is C12H9F3N2O2S. The van der Waals surface area contributed by atoms with E-state index < -0.39 is 12.3 Å². The fourth-order valence-corrected chi connectivity index (χ4v) is 2.14. The number of anilines is 2. The molecule has 0 saturated carbocycles. The lowest BCUT2D eigenvalue weighted by Crippen LogP contribution is -2.17. The van der Waals surface area contributed by atoms with Crippen LogP contribution in [0.3, 0.4) is 0 Å². The minimum absolute atomic E-state index is 0.345. The van der Waals surface area contributed by atoms with Crippen molar-refractivity contribution in [1.82, 2.24) is 0 Å². The summed E-state index contributed by atoms with van der Waals surface area (Å²) in [5.74, 6) is -0.770. The van der Waals surface area contributed by atoms with Crippen LogP contribution in [0.25, 0.3) is 0 Å². The molecule has 20 heavy (non-hydrogen) atoms. The molecule has 2 rings (SSSR count). The van der Waals surface area contributed by atoms with Crippen molar-refractivity contribution >= 4 is 28.6 Å². The Morgan fingerprint density at radius 1 is 1.20 bits per heavy atom. The minimum atomic E-state index is -4.74. The molecule has 0 unspecified atom stereocenters.